The van der Waals surface area contributed by atoms with Crippen LogP contribution in [0.4, 0.5) is 37.7 Å². The second-order valence-corrected chi connectivity index (χ2v) is 8.35. The number of halogens is 7. The summed E-state index contributed by atoms with van der Waals surface area (Å²) < 4.78 is 84.6. The number of hydrogen-bond acceptors (Lipinski definition) is 12. The molecular weight excluding hydrogens is 674 g/mol. The molecule has 0 aliphatic heterocycles. The Morgan fingerprint density at radius 3 is 1.66 bits per heavy atom. The lowest BCUT2D eigenvalue weighted by Gasteiger charge is -2.11. The highest BCUT2D eigenvalue weighted by Crippen LogP contribution is 2.32. The van der Waals surface area contributed by atoms with Crippen LogP contribution in [-0.4, -0.2) is 37.6 Å². The monoisotopic (exact) mass is 686 g/mol. The summed E-state index contributed by atoms with van der Waals surface area (Å²) in [4.78, 5) is 26.5. The third-order valence-electron chi connectivity index (χ3n) is 4.69. The van der Waals surface area contributed by atoms with Gasteiger partial charge in [0.25, 0.3) is 11.4 Å². The van der Waals surface area contributed by atoms with Gasteiger partial charge in [0.15, 0.2) is 11.5 Å². The van der Waals surface area contributed by atoms with E-state index in [1.54, 1.807) is 6.07 Å². The summed E-state index contributed by atoms with van der Waals surface area (Å²) in [6, 6.07) is 14.1. The van der Waals surface area contributed by atoms with E-state index in [-0.39, 0.29) is 39.3 Å². The number of aromatic hydroxyl groups is 1. The van der Waals surface area contributed by atoms with Gasteiger partial charge in [-0.3, -0.25) is 20.2 Å². The fourth-order valence-electron chi connectivity index (χ4n) is 2.82. The Morgan fingerprint density at radius 1 is 0.745 bits per heavy atom. The first-order valence-electron chi connectivity index (χ1n) is 11.7. The summed E-state index contributed by atoms with van der Waals surface area (Å²) in [7, 11) is 0. The van der Waals surface area contributed by atoms with E-state index >= 15 is 0 Å². The minimum atomic E-state index is -4.96. The number of phenolic OH excluding ortho intramolecular Hbond substituents is 1. The first kappa shape index (κ1) is 36.8. The fraction of sp³-hybridized carbons (Fsp3) is 0.0769. The Bertz CT molecular complexity index is 1800. The maximum absolute atomic E-state index is 12.3. The average Bonchev–Trinajstić information content (AvgIpc) is 2.97. The molecule has 4 aromatic rings. The van der Waals surface area contributed by atoms with E-state index < -0.39 is 39.8 Å². The van der Waals surface area contributed by atoms with E-state index in [0.717, 1.165) is 48.8 Å². The van der Waals surface area contributed by atoms with Gasteiger partial charge in [0.2, 0.25) is 5.88 Å². The molecule has 1 N–H and O–H groups in total. The molecule has 0 atom stereocenters. The zero-order valence-electron chi connectivity index (χ0n) is 22.6. The quantitative estimate of drug-likeness (QED) is 0.0913. The highest BCUT2D eigenvalue weighted by atomic mass is 35.5. The van der Waals surface area contributed by atoms with Crippen molar-refractivity contribution in [1.29, 1.82) is 10.5 Å². The molecule has 21 heteroatoms. The van der Waals surface area contributed by atoms with Crippen LogP contribution in [0.1, 0.15) is 11.1 Å². The second-order valence-electron chi connectivity index (χ2n) is 7.97. The predicted molar refractivity (Wildman–Crippen MR) is 144 cm³/mol. The Kier molecular flexibility index (Phi) is 12.6. The standard InChI is InChI=1S/C13H6F3N3O4.C8H4F3NO2.C5H3ClN2O2/c14-13(15,16)23-11-5-10(3-1-8(11)6-17)22-12-4-2-9(7-18-12)19(20)21;9-8(10,11)14-7-3-6(13)2-1-5(7)4-12;6-5-2-1-4(3-7-5)8(9)10/h1-5,7H;1-3,13H;1-3H. The number of phenols is 1. The van der Waals surface area contributed by atoms with Crippen LogP contribution < -0.4 is 14.2 Å². The lowest BCUT2D eigenvalue weighted by molar-refractivity contribution is -0.385. The molecule has 0 unspecified atom stereocenters. The van der Waals surface area contributed by atoms with Crippen LogP contribution in [0.5, 0.6) is 28.9 Å². The Labute approximate surface area is 262 Å². The Balaban J connectivity index is 0.000000271. The average molecular weight is 687 g/mol. The van der Waals surface area contributed by atoms with Gasteiger partial charge in [-0.25, -0.2) is 9.97 Å². The van der Waals surface area contributed by atoms with Crippen LogP contribution in [0.3, 0.4) is 0 Å². The number of hydrogen-bond donors (Lipinski definition) is 1. The minimum absolute atomic E-state index is 0.0515. The number of nitriles is 2. The number of benzene rings is 2. The number of nitro groups is 2. The summed E-state index contributed by atoms with van der Waals surface area (Å²) in [5.74, 6) is -1.98. The largest absolute Gasteiger partial charge is 0.573 e. The molecule has 0 aliphatic rings. The van der Waals surface area contributed by atoms with Crippen LogP contribution in [0, 0.1) is 42.9 Å². The molecule has 4 rings (SSSR count). The molecule has 0 amide bonds. The smallest absolute Gasteiger partial charge is 0.508 e. The first-order chi connectivity index (χ1) is 21.9. The molecule has 47 heavy (non-hydrogen) atoms. The van der Waals surface area contributed by atoms with Gasteiger partial charge in [-0.1, -0.05) is 11.6 Å². The highest BCUT2D eigenvalue weighted by molar-refractivity contribution is 6.29. The second kappa shape index (κ2) is 16.1. The zero-order chi connectivity index (χ0) is 35.4. The molecule has 2 aromatic carbocycles. The van der Waals surface area contributed by atoms with Crippen molar-refractivity contribution in [3.8, 4) is 41.0 Å². The van der Waals surface area contributed by atoms with Crippen molar-refractivity contribution in [2.45, 2.75) is 12.7 Å². The summed E-state index contributed by atoms with van der Waals surface area (Å²) in [5.41, 5.74) is -0.936. The fourth-order valence-corrected chi connectivity index (χ4v) is 2.93. The SMILES string of the molecule is N#Cc1ccc(O)cc1OC(F)(F)F.N#Cc1ccc(Oc2ccc([N+](=O)[O-])cn2)cc1OC(F)(F)F.O=[N+]([O-])c1ccc(Cl)nc1. The predicted octanol–water partition coefficient (Wildman–Crippen LogP) is 7.36. The van der Waals surface area contributed by atoms with Crippen molar-refractivity contribution >= 4 is 23.0 Å². The highest BCUT2D eigenvalue weighted by Gasteiger charge is 2.33. The number of rotatable bonds is 6. The molecule has 0 aliphatic carbocycles. The first-order valence-corrected chi connectivity index (χ1v) is 12.1. The Hall–Kier alpha value is -6.41. The van der Waals surface area contributed by atoms with Crippen molar-refractivity contribution in [2.75, 3.05) is 0 Å². The third kappa shape index (κ3) is 13.0. The summed E-state index contributed by atoms with van der Waals surface area (Å²) in [6.45, 7) is 0. The lowest BCUT2D eigenvalue weighted by atomic mass is 10.2. The van der Waals surface area contributed by atoms with Gasteiger partial charge >= 0.3 is 12.7 Å². The van der Waals surface area contributed by atoms with Crippen molar-refractivity contribution in [3.05, 3.63) is 110 Å². The maximum atomic E-state index is 12.3. The van der Waals surface area contributed by atoms with Crippen LogP contribution in [0.2, 0.25) is 5.15 Å². The number of nitrogens with zero attached hydrogens (tertiary/aromatic N) is 6. The van der Waals surface area contributed by atoms with E-state index in [9.17, 15) is 46.6 Å². The van der Waals surface area contributed by atoms with E-state index in [2.05, 4.69) is 19.4 Å². The minimum Gasteiger partial charge on any atom is -0.508 e. The lowest BCUT2D eigenvalue weighted by Crippen LogP contribution is -2.17. The molecule has 0 bridgehead atoms. The molecule has 0 fully saturated rings. The van der Waals surface area contributed by atoms with Crippen molar-refractivity contribution in [1.82, 2.24) is 9.97 Å². The van der Waals surface area contributed by atoms with Gasteiger partial charge in [-0.15, -0.1) is 26.3 Å². The van der Waals surface area contributed by atoms with Gasteiger partial charge in [-0.05, 0) is 30.3 Å². The van der Waals surface area contributed by atoms with Crippen LogP contribution in [0.25, 0.3) is 0 Å². The van der Waals surface area contributed by atoms with Gasteiger partial charge in [0.05, 0.1) is 21.0 Å². The van der Waals surface area contributed by atoms with E-state index in [0.29, 0.717) is 0 Å². The number of aromatic nitrogens is 2. The topological polar surface area (TPSA) is 208 Å². The Morgan fingerprint density at radius 2 is 1.23 bits per heavy atom. The maximum Gasteiger partial charge on any atom is 0.573 e. The van der Waals surface area contributed by atoms with Gasteiger partial charge in [0, 0.05) is 30.3 Å². The van der Waals surface area contributed by atoms with Crippen molar-refractivity contribution in [3.63, 3.8) is 0 Å². The van der Waals surface area contributed by atoms with E-state index in [4.69, 9.17) is 32.0 Å². The number of ether oxygens (including phenoxy) is 3. The molecule has 0 radical (unpaired) electrons. The molecule has 14 nitrogen and oxygen atoms in total. The summed E-state index contributed by atoms with van der Waals surface area (Å²) in [6.07, 6.45) is -7.79. The molecule has 0 saturated carbocycles. The van der Waals surface area contributed by atoms with Crippen LogP contribution in [0.15, 0.2) is 73.1 Å². The van der Waals surface area contributed by atoms with Crippen LogP contribution in [-0.2, 0) is 0 Å². The van der Waals surface area contributed by atoms with Crippen molar-refractivity contribution < 1.29 is 55.5 Å². The van der Waals surface area contributed by atoms with Crippen molar-refractivity contribution in [2.24, 2.45) is 0 Å². The molecule has 0 saturated heterocycles. The van der Waals surface area contributed by atoms with E-state index in [1.165, 1.54) is 30.3 Å². The number of alkyl halides is 6. The van der Waals surface area contributed by atoms with Gasteiger partial charge in [-0.2, -0.15) is 10.5 Å². The molecular formula is C26H13ClF6N6O8. The molecule has 2 aromatic heterocycles. The molecule has 2 heterocycles. The summed E-state index contributed by atoms with van der Waals surface area (Å²) >= 11 is 5.38. The van der Waals surface area contributed by atoms with Gasteiger partial charge in [0.1, 0.15) is 41.2 Å². The zero-order valence-corrected chi connectivity index (χ0v) is 23.3. The van der Waals surface area contributed by atoms with E-state index in [1.807, 2.05) is 0 Å². The number of pyridine rings is 2. The normalized spacial score (nSPS) is 10.4. The molecule has 0 spiro atoms. The molecule has 244 valence electrons. The summed E-state index contributed by atoms with van der Waals surface area (Å²) in [5, 5.41) is 46.8. The van der Waals surface area contributed by atoms with Gasteiger partial charge < -0.3 is 19.3 Å². The van der Waals surface area contributed by atoms with Crippen LogP contribution >= 0.6 is 11.6 Å². The third-order valence-corrected chi connectivity index (χ3v) is 4.91.